The molecule has 6 heteroatoms. The lowest BCUT2D eigenvalue weighted by Gasteiger charge is -2.16. The van der Waals surface area contributed by atoms with Crippen LogP contribution in [0.4, 0.5) is 0 Å². The van der Waals surface area contributed by atoms with Crippen LogP contribution in [-0.4, -0.2) is 34.7 Å². The van der Waals surface area contributed by atoms with E-state index >= 15 is 0 Å². The minimum absolute atomic E-state index is 0.0355. The zero-order chi connectivity index (χ0) is 20.1. The van der Waals surface area contributed by atoms with Crippen molar-refractivity contribution in [2.45, 2.75) is 70.8 Å². The Morgan fingerprint density at radius 3 is 2.44 bits per heavy atom. The fraction of sp³-hybridized carbons (Fsp3) is 0.619. The number of rotatable bonds is 15. The third kappa shape index (κ3) is 12.0. The highest BCUT2D eigenvalue weighted by molar-refractivity contribution is 14.1. The zero-order valence-electron chi connectivity index (χ0n) is 16.0. The summed E-state index contributed by atoms with van der Waals surface area (Å²) >= 11 is 2.22. The molecule has 0 aromatic heterocycles. The average Bonchev–Trinajstić information content (AvgIpc) is 2.60. The lowest BCUT2D eigenvalue weighted by molar-refractivity contribution is -0.137. The van der Waals surface area contributed by atoms with Gasteiger partial charge in [-0.3, -0.25) is 9.59 Å². The van der Waals surface area contributed by atoms with E-state index in [1.807, 2.05) is 24.3 Å². The molecule has 0 aliphatic carbocycles. The second-order valence-corrected chi connectivity index (χ2v) is 8.25. The van der Waals surface area contributed by atoms with E-state index < -0.39 is 12.1 Å². The van der Waals surface area contributed by atoms with Gasteiger partial charge in [0.1, 0.15) is 18.1 Å². The monoisotopic (exact) mass is 490 g/mol. The van der Waals surface area contributed by atoms with Gasteiger partial charge in [0.2, 0.25) is 0 Å². The molecular weight excluding hydrogens is 459 g/mol. The molecule has 1 aromatic rings. The van der Waals surface area contributed by atoms with E-state index in [-0.39, 0.29) is 24.7 Å². The minimum Gasteiger partial charge on any atom is -0.491 e. The van der Waals surface area contributed by atoms with E-state index in [0.717, 1.165) is 47.8 Å². The highest BCUT2D eigenvalue weighted by Gasteiger charge is 2.15. The van der Waals surface area contributed by atoms with Crippen LogP contribution in [0.15, 0.2) is 24.3 Å². The van der Waals surface area contributed by atoms with Crippen LogP contribution in [0.1, 0.15) is 64.7 Å². The number of halogens is 1. The summed E-state index contributed by atoms with van der Waals surface area (Å²) in [7, 11) is 0. The predicted octanol–water partition coefficient (Wildman–Crippen LogP) is 4.83. The molecule has 0 heterocycles. The molecule has 0 aliphatic rings. The Hall–Kier alpha value is -1.15. The van der Waals surface area contributed by atoms with Crippen molar-refractivity contribution in [1.82, 2.24) is 0 Å². The third-order valence-electron chi connectivity index (χ3n) is 4.60. The van der Waals surface area contributed by atoms with Gasteiger partial charge in [-0.1, -0.05) is 31.7 Å². The normalized spacial score (nSPS) is 13.1. The third-order valence-corrected chi connectivity index (χ3v) is 5.27. The molecule has 1 rings (SSSR count). The quantitative estimate of drug-likeness (QED) is 0.272. The standard InChI is InChI=1S/C21H31IO5/c1-16(23)17(8-4-2-3-5-13-21(25)26)9-6-11-19(24)15-27-20-12-7-10-18(22)14-20/h7,10,12,14,17,19,24H,2-6,8-9,11,13,15H2,1H3,(H,25,26). The number of Topliss-reactive ketones (excluding diaryl/α,β-unsaturated/α-hetero) is 1. The van der Waals surface area contributed by atoms with Gasteiger partial charge in [0.25, 0.3) is 0 Å². The predicted molar refractivity (Wildman–Crippen MR) is 114 cm³/mol. The smallest absolute Gasteiger partial charge is 0.303 e. The van der Waals surface area contributed by atoms with Crippen LogP contribution in [0.25, 0.3) is 0 Å². The average molecular weight is 490 g/mol. The van der Waals surface area contributed by atoms with Crippen molar-refractivity contribution in [3.63, 3.8) is 0 Å². The lowest BCUT2D eigenvalue weighted by atomic mass is 9.91. The van der Waals surface area contributed by atoms with Crippen LogP contribution >= 0.6 is 22.6 Å². The number of carbonyl (C=O) groups is 2. The molecular formula is C21H31IO5. The summed E-state index contributed by atoms with van der Waals surface area (Å²) in [6.45, 7) is 1.89. The number of carbonyl (C=O) groups excluding carboxylic acids is 1. The summed E-state index contributed by atoms with van der Waals surface area (Å²) in [4.78, 5) is 22.3. The largest absolute Gasteiger partial charge is 0.491 e. The number of aliphatic hydroxyl groups is 1. The first-order valence-corrected chi connectivity index (χ1v) is 10.7. The van der Waals surface area contributed by atoms with Crippen molar-refractivity contribution in [2.75, 3.05) is 6.61 Å². The summed E-state index contributed by atoms with van der Waals surface area (Å²) in [5, 5.41) is 18.7. The molecule has 2 N–H and O–H groups in total. The van der Waals surface area contributed by atoms with Crippen molar-refractivity contribution in [3.05, 3.63) is 27.8 Å². The minimum atomic E-state index is -0.749. The molecule has 2 unspecified atom stereocenters. The fourth-order valence-corrected chi connectivity index (χ4v) is 3.52. The van der Waals surface area contributed by atoms with Crippen molar-refractivity contribution in [2.24, 2.45) is 5.92 Å². The van der Waals surface area contributed by atoms with Crippen LogP contribution in [-0.2, 0) is 9.59 Å². The Kier molecular flexibility index (Phi) is 12.3. The number of carboxylic acid groups (broad SMARTS) is 1. The van der Waals surface area contributed by atoms with Crippen molar-refractivity contribution >= 4 is 34.3 Å². The molecule has 27 heavy (non-hydrogen) atoms. The zero-order valence-corrected chi connectivity index (χ0v) is 18.2. The van der Waals surface area contributed by atoms with E-state index in [2.05, 4.69) is 22.6 Å². The molecule has 0 amide bonds. The van der Waals surface area contributed by atoms with Gasteiger partial charge in [0, 0.05) is 15.9 Å². The van der Waals surface area contributed by atoms with Gasteiger partial charge in [-0.05, 0) is 73.4 Å². The number of ketones is 1. The van der Waals surface area contributed by atoms with Gasteiger partial charge in [-0.2, -0.15) is 0 Å². The Morgan fingerprint density at radius 2 is 1.78 bits per heavy atom. The Balaban J connectivity index is 2.17. The number of ether oxygens (including phenoxy) is 1. The first kappa shape index (κ1) is 23.9. The topological polar surface area (TPSA) is 83.8 Å². The molecule has 152 valence electrons. The maximum Gasteiger partial charge on any atom is 0.303 e. The van der Waals surface area contributed by atoms with E-state index in [9.17, 15) is 14.7 Å². The van der Waals surface area contributed by atoms with Gasteiger partial charge in [0.05, 0.1) is 6.10 Å². The number of hydrogen-bond acceptors (Lipinski definition) is 4. The molecule has 0 fully saturated rings. The van der Waals surface area contributed by atoms with Crippen LogP contribution in [0.5, 0.6) is 5.75 Å². The van der Waals surface area contributed by atoms with Crippen molar-refractivity contribution in [3.8, 4) is 5.75 Å². The Bertz CT molecular complexity index is 575. The number of benzene rings is 1. The second kappa shape index (κ2) is 13.9. The van der Waals surface area contributed by atoms with Crippen LogP contribution in [0.3, 0.4) is 0 Å². The van der Waals surface area contributed by atoms with Gasteiger partial charge in [-0.25, -0.2) is 0 Å². The van der Waals surface area contributed by atoms with E-state index in [1.54, 1.807) is 6.92 Å². The van der Waals surface area contributed by atoms with Crippen LogP contribution in [0.2, 0.25) is 0 Å². The van der Waals surface area contributed by atoms with Crippen molar-refractivity contribution < 1.29 is 24.5 Å². The van der Waals surface area contributed by atoms with E-state index in [1.165, 1.54) is 0 Å². The molecule has 2 atom stereocenters. The highest BCUT2D eigenvalue weighted by atomic mass is 127. The first-order chi connectivity index (χ1) is 12.9. The highest BCUT2D eigenvalue weighted by Crippen LogP contribution is 2.20. The fourth-order valence-electron chi connectivity index (χ4n) is 3.00. The Morgan fingerprint density at radius 1 is 1.07 bits per heavy atom. The number of aliphatic carboxylic acids is 1. The van der Waals surface area contributed by atoms with Gasteiger partial charge < -0.3 is 14.9 Å². The summed E-state index contributed by atoms with van der Waals surface area (Å²) in [6, 6.07) is 7.70. The summed E-state index contributed by atoms with van der Waals surface area (Å²) < 4.78 is 6.70. The summed E-state index contributed by atoms with van der Waals surface area (Å²) in [5.41, 5.74) is 0. The van der Waals surface area contributed by atoms with Crippen molar-refractivity contribution in [1.29, 1.82) is 0 Å². The van der Waals surface area contributed by atoms with Gasteiger partial charge in [-0.15, -0.1) is 0 Å². The maximum atomic E-state index is 11.8. The number of hydrogen-bond donors (Lipinski definition) is 2. The van der Waals surface area contributed by atoms with E-state index in [0.29, 0.717) is 12.8 Å². The van der Waals surface area contributed by atoms with Crippen LogP contribution in [0, 0.1) is 9.49 Å². The molecule has 1 aromatic carbocycles. The summed E-state index contributed by atoms with van der Waals surface area (Å²) in [5.74, 6) is 0.241. The number of aliphatic hydroxyl groups excluding tert-OH is 1. The van der Waals surface area contributed by atoms with Gasteiger partial charge >= 0.3 is 5.97 Å². The molecule has 5 nitrogen and oxygen atoms in total. The molecule has 0 aliphatic heterocycles. The first-order valence-electron chi connectivity index (χ1n) is 9.67. The lowest BCUT2D eigenvalue weighted by Crippen LogP contribution is -2.18. The van der Waals surface area contributed by atoms with Gasteiger partial charge in [0.15, 0.2) is 0 Å². The molecule has 0 saturated heterocycles. The molecule has 0 spiro atoms. The summed E-state index contributed by atoms with van der Waals surface area (Å²) in [6.07, 6.45) is 6.22. The second-order valence-electron chi connectivity index (χ2n) is 7.01. The molecule has 0 radical (unpaired) electrons. The van der Waals surface area contributed by atoms with Crippen LogP contribution < -0.4 is 4.74 Å². The Labute approximate surface area is 175 Å². The van der Waals surface area contributed by atoms with E-state index in [4.69, 9.17) is 9.84 Å². The number of unbranched alkanes of at least 4 members (excludes halogenated alkanes) is 3. The number of carboxylic acids is 1. The molecule has 0 bridgehead atoms. The SMILES string of the molecule is CC(=O)C(CCCCCCC(=O)O)CCCC(O)COc1cccc(I)c1. The maximum absolute atomic E-state index is 11.8. The molecule has 0 saturated carbocycles.